The van der Waals surface area contributed by atoms with Gasteiger partial charge in [0.15, 0.2) is 0 Å². The van der Waals surface area contributed by atoms with E-state index in [1.165, 1.54) is 0 Å². The third kappa shape index (κ3) is 1.95. The molecule has 0 bridgehead atoms. The van der Waals surface area contributed by atoms with Crippen LogP contribution < -0.4 is 4.74 Å². The monoisotopic (exact) mass is 149 g/mol. The van der Waals surface area contributed by atoms with Crippen molar-refractivity contribution in [2.24, 2.45) is 0 Å². The third-order valence-electron chi connectivity index (χ3n) is 1.52. The highest BCUT2D eigenvalue weighted by Gasteiger charge is 2.22. The molecule has 1 atom stereocenters. The lowest BCUT2D eigenvalue weighted by atomic mass is 10.3. The molecule has 57 valence electrons. The predicted molar refractivity (Wildman–Crippen MR) is 40.5 cm³/mol. The Morgan fingerprint density at radius 1 is 1.73 bits per heavy atom. The first-order valence-electron chi connectivity index (χ1n) is 3.66. The number of benzene rings is 1. The van der Waals surface area contributed by atoms with Gasteiger partial charge in [0.2, 0.25) is 0 Å². The van der Waals surface area contributed by atoms with Crippen molar-refractivity contribution in [2.45, 2.75) is 6.10 Å². The molecule has 11 heavy (non-hydrogen) atoms. The zero-order valence-electron chi connectivity index (χ0n) is 6.12. The summed E-state index contributed by atoms with van der Waals surface area (Å²) in [6, 6.07) is 10.4. The zero-order valence-corrected chi connectivity index (χ0v) is 6.12. The summed E-state index contributed by atoms with van der Waals surface area (Å²) in [5.41, 5.74) is 0. The van der Waals surface area contributed by atoms with Gasteiger partial charge in [-0.25, -0.2) is 0 Å². The van der Waals surface area contributed by atoms with Crippen LogP contribution in [0.4, 0.5) is 0 Å². The molecule has 2 heteroatoms. The van der Waals surface area contributed by atoms with Crippen molar-refractivity contribution in [1.82, 2.24) is 0 Å². The van der Waals surface area contributed by atoms with E-state index in [4.69, 9.17) is 9.47 Å². The number of epoxide rings is 1. The van der Waals surface area contributed by atoms with Crippen molar-refractivity contribution in [1.29, 1.82) is 0 Å². The van der Waals surface area contributed by atoms with E-state index in [2.05, 4.69) is 6.07 Å². The Morgan fingerprint density at radius 3 is 3.27 bits per heavy atom. The molecule has 0 spiro atoms. The highest BCUT2D eigenvalue weighted by molar-refractivity contribution is 5.20. The van der Waals surface area contributed by atoms with E-state index in [0.717, 1.165) is 12.4 Å². The van der Waals surface area contributed by atoms with Gasteiger partial charge in [-0.2, -0.15) is 0 Å². The molecule has 1 fully saturated rings. The summed E-state index contributed by atoms with van der Waals surface area (Å²) in [7, 11) is 0. The van der Waals surface area contributed by atoms with Crippen molar-refractivity contribution in [2.75, 3.05) is 13.2 Å². The molecule has 1 aliphatic rings. The quantitative estimate of drug-likeness (QED) is 0.603. The minimum Gasteiger partial charge on any atom is -0.491 e. The third-order valence-corrected chi connectivity index (χ3v) is 1.52. The summed E-state index contributed by atoms with van der Waals surface area (Å²) in [6.45, 7) is 1.51. The molecule has 0 amide bonds. The molecule has 2 rings (SSSR count). The molecular weight excluding hydrogens is 140 g/mol. The Bertz CT molecular complexity index is 216. The van der Waals surface area contributed by atoms with Gasteiger partial charge in [-0.15, -0.1) is 0 Å². The van der Waals surface area contributed by atoms with Crippen molar-refractivity contribution in [3.63, 3.8) is 0 Å². The first-order chi connectivity index (χ1) is 5.45. The van der Waals surface area contributed by atoms with Crippen LogP contribution in [0, 0.1) is 6.07 Å². The number of hydrogen-bond acceptors (Lipinski definition) is 2. The van der Waals surface area contributed by atoms with Gasteiger partial charge in [0.1, 0.15) is 18.5 Å². The normalized spacial score (nSPS) is 21.3. The maximum Gasteiger partial charge on any atom is 0.120 e. The summed E-state index contributed by atoms with van der Waals surface area (Å²) in [5, 5.41) is 0. The molecule has 1 aliphatic heterocycles. The van der Waals surface area contributed by atoms with Gasteiger partial charge in [0.25, 0.3) is 0 Å². The van der Waals surface area contributed by atoms with Crippen molar-refractivity contribution in [3.05, 3.63) is 30.3 Å². The molecule has 1 unspecified atom stereocenters. The summed E-state index contributed by atoms with van der Waals surface area (Å²) < 4.78 is 10.4. The van der Waals surface area contributed by atoms with Gasteiger partial charge >= 0.3 is 0 Å². The van der Waals surface area contributed by atoms with E-state index in [-0.39, 0.29) is 0 Å². The van der Waals surface area contributed by atoms with E-state index < -0.39 is 0 Å². The SMILES string of the molecule is [c]1cccc(OCC2CO2)c1. The minimum absolute atomic E-state index is 0.329. The van der Waals surface area contributed by atoms with Gasteiger partial charge in [-0.3, -0.25) is 0 Å². The van der Waals surface area contributed by atoms with Crippen molar-refractivity contribution >= 4 is 0 Å². The van der Waals surface area contributed by atoms with Crippen LogP contribution in [-0.4, -0.2) is 19.3 Å². The second-order valence-corrected chi connectivity index (χ2v) is 2.51. The number of rotatable bonds is 3. The Kier molecular flexibility index (Phi) is 1.78. The van der Waals surface area contributed by atoms with Crippen LogP contribution in [0.2, 0.25) is 0 Å². The van der Waals surface area contributed by atoms with E-state index in [1.54, 1.807) is 0 Å². The standard InChI is InChI=1S/C9H9O2/c1-2-4-8(5-3-1)10-6-9-7-11-9/h1-2,4-5,9H,6-7H2. The predicted octanol–water partition coefficient (Wildman–Crippen LogP) is 1.26. The highest BCUT2D eigenvalue weighted by atomic mass is 16.6. The Labute approximate surface area is 65.7 Å². The first-order valence-corrected chi connectivity index (χ1v) is 3.66. The summed E-state index contributed by atoms with van der Waals surface area (Å²) >= 11 is 0. The summed E-state index contributed by atoms with van der Waals surface area (Å²) in [6.07, 6.45) is 0.329. The molecule has 0 aliphatic carbocycles. The molecule has 0 N–H and O–H groups in total. The Hall–Kier alpha value is -1.02. The van der Waals surface area contributed by atoms with Crippen LogP contribution in [0.5, 0.6) is 5.75 Å². The van der Waals surface area contributed by atoms with Gasteiger partial charge in [-0.05, 0) is 18.2 Å². The van der Waals surface area contributed by atoms with Crippen LogP contribution in [0.25, 0.3) is 0 Å². The molecule has 1 aromatic carbocycles. The largest absolute Gasteiger partial charge is 0.491 e. The van der Waals surface area contributed by atoms with Crippen LogP contribution in [0.1, 0.15) is 0 Å². The van der Waals surface area contributed by atoms with Gasteiger partial charge in [-0.1, -0.05) is 12.1 Å². The smallest absolute Gasteiger partial charge is 0.120 e. The van der Waals surface area contributed by atoms with Gasteiger partial charge in [0.05, 0.1) is 6.61 Å². The van der Waals surface area contributed by atoms with Crippen LogP contribution >= 0.6 is 0 Å². The lowest BCUT2D eigenvalue weighted by Crippen LogP contribution is -2.03. The van der Waals surface area contributed by atoms with Crippen molar-refractivity contribution in [3.8, 4) is 5.75 Å². The van der Waals surface area contributed by atoms with Crippen molar-refractivity contribution < 1.29 is 9.47 Å². The van der Waals surface area contributed by atoms with Gasteiger partial charge in [0, 0.05) is 0 Å². The van der Waals surface area contributed by atoms with E-state index >= 15 is 0 Å². The minimum atomic E-state index is 0.329. The molecule has 1 saturated heterocycles. The van der Waals surface area contributed by atoms with E-state index in [9.17, 15) is 0 Å². The number of hydrogen-bond donors (Lipinski definition) is 0. The Morgan fingerprint density at radius 2 is 2.64 bits per heavy atom. The average molecular weight is 149 g/mol. The van der Waals surface area contributed by atoms with Crippen LogP contribution in [-0.2, 0) is 4.74 Å². The fourth-order valence-electron chi connectivity index (χ4n) is 0.820. The van der Waals surface area contributed by atoms with E-state index in [1.807, 2.05) is 24.3 Å². The second-order valence-electron chi connectivity index (χ2n) is 2.51. The topological polar surface area (TPSA) is 21.8 Å². The molecule has 0 saturated carbocycles. The highest BCUT2D eigenvalue weighted by Crippen LogP contribution is 2.13. The molecule has 0 aromatic heterocycles. The molecular formula is C9H9O2. The van der Waals surface area contributed by atoms with Crippen LogP contribution in [0.3, 0.4) is 0 Å². The zero-order chi connectivity index (χ0) is 7.52. The first kappa shape index (κ1) is 6.68. The maximum atomic E-state index is 5.37. The average Bonchev–Trinajstić information content (AvgIpc) is 2.86. The maximum absolute atomic E-state index is 5.37. The van der Waals surface area contributed by atoms with Crippen LogP contribution in [0.15, 0.2) is 24.3 Å². The fraction of sp³-hybridized carbons (Fsp3) is 0.333. The summed E-state index contributed by atoms with van der Waals surface area (Å²) in [4.78, 5) is 0. The Balaban J connectivity index is 1.85. The fourth-order valence-corrected chi connectivity index (χ4v) is 0.820. The summed E-state index contributed by atoms with van der Waals surface area (Å²) in [5.74, 6) is 0.864. The molecule has 1 aromatic rings. The second kappa shape index (κ2) is 2.93. The molecule has 2 nitrogen and oxygen atoms in total. The van der Waals surface area contributed by atoms with Gasteiger partial charge < -0.3 is 9.47 Å². The lowest BCUT2D eigenvalue weighted by molar-refractivity contribution is 0.263. The molecule has 1 radical (unpaired) electrons. The van der Waals surface area contributed by atoms with E-state index in [0.29, 0.717) is 12.7 Å². The lowest BCUT2D eigenvalue weighted by Gasteiger charge is -2.01. The molecule has 1 heterocycles. The number of ether oxygens (including phenoxy) is 2.